The Morgan fingerprint density at radius 1 is 1.38 bits per heavy atom. The highest BCUT2D eigenvalue weighted by molar-refractivity contribution is 7.86. The fourth-order valence-corrected chi connectivity index (χ4v) is 2.05. The summed E-state index contributed by atoms with van der Waals surface area (Å²) in [5.74, 6) is 0.481. The van der Waals surface area contributed by atoms with Gasteiger partial charge in [0.1, 0.15) is 0 Å². The topological polar surface area (TPSA) is 58.2 Å². The zero-order valence-corrected chi connectivity index (χ0v) is 11.7. The smallest absolute Gasteiger partial charge is 0.224 e. The molecule has 5 heteroatoms. The van der Waals surface area contributed by atoms with Crippen molar-refractivity contribution >= 4 is 16.7 Å². The first-order valence-electron chi connectivity index (χ1n) is 5.59. The Hall–Kier alpha value is -0.420. The van der Waals surface area contributed by atoms with Crippen LogP contribution in [0.5, 0.6) is 0 Å². The third-order valence-electron chi connectivity index (χ3n) is 2.23. The van der Waals surface area contributed by atoms with Crippen LogP contribution in [-0.2, 0) is 15.6 Å². The lowest BCUT2D eigenvalue weighted by Crippen LogP contribution is -2.37. The Labute approximate surface area is 101 Å². The van der Waals surface area contributed by atoms with Crippen molar-refractivity contribution in [2.24, 2.45) is 5.92 Å². The number of nitrogens with one attached hydrogen (secondary N) is 2. The van der Waals surface area contributed by atoms with E-state index in [1.165, 1.54) is 0 Å². The van der Waals surface area contributed by atoms with E-state index in [0.29, 0.717) is 18.8 Å². The second-order valence-corrected chi connectivity index (χ2v) is 7.24. The number of hydrogen-bond donors (Lipinski definition) is 2. The van der Waals surface area contributed by atoms with E-state index >= 15 is 0 Å². The summed E-state index contributed by atoms with van der Waals surface area (Å²) in [4.78, 5) is 11.5. The molecule has 0 spiro atoms. The van der Waals surface area contributed by atoms with Gasteiger partial charge in [0.05, 0.1) is 0 Å². The minimum absolute atomic E-state index is 0.0141. The molecule has 0 fully saturated rings. The predicted octanol–water partition coefficient (Wildman–Crippen LogP) is 0.505. The molecule has 0 saturated carbocycles. The lowest BCUT2D eigenvalue weighted by molar-refractivity contribution is -0.124. The van der Waals surface area contributed by atoms with Gasteiger partial charge in [-0.1, -0.05) is 6.92 Å². The molecule has 2 N–H and O–H groups in total. The highest BCUT2D eigenvalue weighted by atomic mass is 32.2. The average Bonchev–Trinajstić information content (AvgIpc) is 2.16. The van der Waals surface area contributed by atoms with Crippen LogP contribution >= 0.6 is 0 Å². The maximum absolute atomic E-state index is 11.7. The Morgan fingerprint density at radius 3 is 2.38 bits per heavy atom. The summed E-state index contributed by atoms with van der Waals surface area (Å²) in [6.07, 6.45) is 0. The molecule has 0 aromatic heterocycles. The van der Waals surface area contributed by atoms with Gasteiger partial charge >= 0.3 is 0 Å². The summed E-state index contributed by atoms with van der Waals surface area (Å²) >= 11 is 0. The highest BCUT2D eigenvalue weighted by Crippen LogP contribution is 2.10. The van der Waals surface area contributed by atoms with Crippen molar-refractivity contribution < 1.29 is 9.00 Å². The highest BCUT2D eigenvalue weighted by Gasteiger charge is 2.19. The van der Waals surface area contributed by atoms with Crippen LogP contribution in [0.2, 0.25) is 0 Å². The largest absolute Gasteiger partial charge is 0.355 e. The van der Waals surface area contributed by atoms with Gasteiger partial charge in [-0.25, -0.2) is 0 Å². The molecule has 0 aliphatic rings. The minimum atomic E-state index is -0.901. The molecule has 2 atom stereocenters. The van der Waals surface area contributed by atoms with Crippen LogP contribution in [0.1, 0.15) is 27.7 Å². The quantitative estimate of drug-likeness (QED) is 0.720. The SMILES string of the molecule is CNCC(C)C(=O)NCCS(=O)C(C)(C)C. The third kappa shape index (κ3) is 6.23. The minimum Gasteiger partial charge on any atom is -0.355 e. The lowest BCUT2D eigenvalue weighted by Gasteiger charge is -2.18. The Kier molecular flexibility index (Phi) is 6.83. The maximum atomic E-state index is 11.7. The first-order chi connectivity index (χ1) is 7.29. The number of carbonyl (C=O) groups excluding carboxylic acids is 1. The fraction of sp³-hybridized carbons (Fsp3) is 0.909. The lowest BCUT2D eigenvalue weighted by atomic mass is 10.1. The van der Waals surface area contributed by atoms with E-state index < -0.39 is 10.8 Å². The van der Waals surface area contributed by atoms with E-state index in [1.807, 2.05) is 34.7 Å². The molecular weight excluding hydrogens is 224 g/mol. The van der Waals surface area contributed by atoms with Gasteiger partial charge in [-0.15, -0.1) is 0 Å². The Bertz CT molecular complexity index is 249. The Balaban J connectivity index is 3.83. The molecule has 0 rings (SSSR count). The molecule has 96 valence electrons. The molecule has 0 radical (unpaired) electrons. The van der Waals surface area contributed by atoms with Gasteiger partial charge in [0.15, 0.2) is 0 Å². The van der Waals surface area contributed by atoms with Gasteiger partial charge in [0, 0.05) is 40.3 Å². The van der Waals surface area contributed by atoms with E-state index in [9.17, 15) is 9.00 Å². The van der Waals surface area contributed by atoms with Crippen molar-refractivity contribution in [2.45, 2.75) is 32.4 Å². The summed E-state index contributed by atoms with van der Waals surface area (Å²) in [7, 11) is 0.917. The van der Waals surface area contributed by atoms with Crippen LogP contribution < -0.4 is 10.6 Å². The average molecular weight is 248 g/mol. The van der Waals surface area contributed by atoms with E-state index in [0.717, 1.165) is 0 Å². The summed E-state index contributed by atoms with van der Waals surface area (Å²) in [6.45, 7) is 8.83. The van der Waals surface area contributed by atoms with E-state index in [1.54, 1.807) is 0 Å². The van der Waals surface area contributed by atoms with Gasteiger partial charge in [0.2, 0.25) is 5.91 Å². The first-order valence-corrected chi connectivity index (χ1v) is 6.91. The van der Waals surface area contributed by atoms with Crippen LogP contribution in [0.4, 0.5) is 0 Å². The molecule has 0 aromatic carbocycles. The number of amides is 1. The Morgan fingerprint density at radius 2 is 1.94 bits per heavy atom. The fourth-order valence-electron chi connectivity index (χ4n) is 1.15. The zero-order chi connectivity index (χ0) is 12.8. The summed E-state index contributed by atoms with van der Waals surface area (Å²) in [5, 5.41) is 5.75. The second-order valence-electron chi connectivity index (χ2n) is 4.91. The molecule has 0 saturated heterocycles. The van der Waals surface area contributed by atoms with E-state index in [4.69, 9.17) is 0 Å². The van der Waals surface area contributed by atoms with Crippen molar-refractivity contribution in [1.82, 2.24) is 10.6 Å². The molecule has 4 nitrogen and oxygen atoms in total. The summed E-state index contributed by atoms with van der Waals surface area (Å²) in [5.41, 5.74) is 0. The van der Waals surface area contributed by atoms with E-state index in [2.05, 4.69) is 10.6 Å². The van der Waals surface area contributed by atoms with Crippen LogP contribution in [0.3, 0.4) is 0 Å². The van der Waals surface area contributed by atoms with Crippen LogP contribution in [0.15, 0.2) is 0 Å². The first kappa shape index (κ1) is 15.6. The molecule has 1 amide bonds. The summed E-state index contributed by atoms with van der Waals surface area (Å²) in [6, 6.07) is 0. The molecular formula is C11H24N2O2S. The predicted molar refractivity (Wildman–Crippen MR) is 68.9 cm³/mol. The van der Waals surface area contributed by atoms with Crippen molar-refractivity contribution in [3.8, 4) is 0 Å². The number of rotatable bonds is 6. The van der Waals surface area contributed by atoms with Crippen molar-refractivity contribution in [3.05, 3.63) is 0 Å². The summed E-state index contributed by atoms with van der Waals surface area (Å²) < 4.78 is 11.5. The van der Waals surface area contributed by atoms with Crippen molar-refractivity contribution in [3.63, 3.8) is 0 Å². The van der Waals surface area contributed by atoms with Gasteiger partial charge in [0.25, 0.3) is 0 Å². The monoisotopic (exact) mass is 248 g/mol. The molecule has 0 bridgehead atoms. The molecule has 2 unspecified atom stereocenters. The molecule has 0 aromatic rings. The van der Waals surface area contributed by atoms with Crippen LogP contribution in [-0.4, -0.2) is 40.8 Å². The van der Waals surface area contributed by atoms with Crippen LogP contribution in [0, 0.1) is 5.92 Å². The van der Waals surface area contributed by atoms with Crippen molar-refractivity contribution in [2.75, 3.05) is 25.9 Å². The van der Waals surface area contributed by atoms with Crippen molar-refractivity contribution in [1.29, 1.82) is 0 Å². The van der Waals surface area contributed by atoms with Gasteiger partial charge < -0.3 is 10.6 Å². The molecule has 0 heterocycles. The van der Waals surface area contributed by atoms with Gasteiger partial charge in [-0.3, -0.25) is 9.00 Å². The zero-order valence-electron chi connectivity index (χ0n) is 10.9. The molecule has 0 aliphatic heterocycles. The standard InChI is InChI=1S/C11H24N2O2S/c1-9(8-12-5)10(14)13-6-7-16(15)11(2,3)4/h9,12H,6-8H2,1-5H3,(H,13,14). The normalized spacial score (nSPS) is 15.6. The third-order valence-corrected chi connectivity index (χ3v) is 4.17. The second kappa shape index (κ2) is 7.01. The number of hydrogen-bond acceptors (Lipinski definition) is 3. The number of carbonyl (C=O) groups is 1. The van der Waals surface area contributed by atoms with Gasteiger partial charge in [-0.05, 0) is 27.8 Å². The molecule has 0 aliphatic carbocycles. The molecule has 16 heavy (non-hydrogen) atoms. The van der Waals surface area contributed by atoms with E-state index in [-0.39, 0.29) is 16.6 Å². The van der Waals surface area contributed by atoms with Gasteiger partial charge in [-0.2, -0.15) is 0 Å². The van der Waals surface area contributed by atoms with Crippen LogP contribution in [0.25, 0.3) is 0 Å². The maximum Gasteiger partial charge on any atom is 0.224 e.